The van der Waals surface area contributed by atoms with Crippen LogP contribution in [0.5, 0.6) is 5.75 Å². The third-order valence-electron chi connectivity index (χ3n) is 5.92. The Hall–Kier alpha value is -2.94. The molecular weight excluding hydrogens is 516 g/mol. The number of carbonyl (C=O) groups excluding carboxylic acids is 1. The van der Waals surface area contributed by atoms with Gasteiger partial charge in [-0.15, -0.1) is 13.2 Å². The molecular formula is C26H23Cl2F3N2O3. The highest BCUT2D eigenvalue weighted by atomic mass is 35.5. The Balaban J connectivity index is 0.000000692. The zero-order valence-corrected chi connectivity index (χ0v) is 20.5. The first-order chi connectivity index (χ1) is 17.1. The maximum Gasteiger partial charge on any atom is 0.573 e. The van der Waals surface area contributed by atoms with Crippen LogP contribution in [0.25, 0.3) is 0 Å². The Kier molecular flexibility index (Phi) is 7.68. The van der Waals surface area contributed by atoms with Gasteiger partial charge in [-0.1, -0.05) is 61.0 Å². The lowest BCUT2D eigenvalue weighted by molar-refractivity contribution is -0.274. The second kappa shape index (κ2) is 10.6. The highest BCUT2D eigenvalue weighted by Crippen LogP contribution is 2.41. The maximum absolute atomic E-state index is 13.4. The smallest absolute Gasteiger partial charge is 0.406 e. The number of amides is 2. The van der Waals surface area contributed by atoms with E-state index in [2.05, 4.69) is 4.74 Å². The molecule has 1 unspecified atom stereocenters. The predicted molar refractivity (Wildman–Crippen MR) is 134 cm³/mol. The van der Waals surface area contributed by atoms with Crippen molar-refractivity contribution in [1.82, 2.24) is 0 Å². The number of ether oxygens (including phenoxy) is 1. The number of aliphatic hydroxyl groups is 1. The molecule has 5 rings (SSSR count). The van der Waals surface area contributed by atoms with E-state index in [1.165, 1.54) is 54.8 Å². The van der Waals surface area contributed by atoms with Crippen LogP contribution in [0.4, 0.5) is 29.3 Å². The number of carbonyl (C=O) groups is 1. The Bertz CT molecular complexity index is 1200. The van der Waals surface area contributed by atoms with E-state index in [4.69, 9.17) is 23.2 Å². The first kappa shape index (κ1) is 26.1. The van der Waals surface area contributed by atoms with Crippen molar-refractivity contribution in [3.05, 3.63) is 88.4 Å². The fraction of sp³-hybridized carbons (Fsp3) is 0.269. The highest BCUT2D eigenvalue weighted by molar-refractivity contribution is 6.31. The van der Waals surface area contributed by atoms with Crippen LogP contribution in [0.3, 0.4) is 0 Å². The molecule has 3 aromatic rings. The Morgan fingerprint density at radius 1 is 0.833 bits per heavy atom. The van der Waals surface area contributed by atoms with Gasteiger partial charge >= 0.3 is 12.4 Å². The molecule has 2 amide bonds. The van der Waals surface area contributed by atoms with E-state index in [9.17, 15) is 23.1 Å². The zero-order chi connectivity index (χ0) is 25.9. The van der Waals surface area contributed by atoms with Crippen LogP contribution in [0.1, 0.15) is 31.2 Å². The molecule has 1 atom stereocenters. The monoisotopic (exact) mass is 538 g/mol. The van der Waals surface area contributed by atoms with Crippen LogP contribution < -0.4 is 14.5 Å². The van der Waals surface area contributed by atoms with Crippen molar-refractivity contribution in [3.63, 3.8) is 0 Å². The van der Waals surface area contributed by atoms with Gasteiger partial charge in [0.15, 0.2) is 5.72 Å². The summed E-state index contributed by atoms with van der Waals surface area (Å²) in [6.45, 7) is -0.258. The number of rotatable bonds is 4. The van der Waals surface area contributed by atoms with Crippen LogP contribution in [0.2, 0.25) is 10.0 Å². The van der Waals surface area contributed by atoms with E-state index in [0.29, 0.717) is 21.4 Å². The molecule has 36 heavy (non-hydrogen) atoms. The van der Waals surface area contributed by atoms with Crippen LogP contribution in [0.15, 0.2) is 72.8 Å². The standard InChI is InChI=1S/C22H15Cl2F3N2O3.C4H8/c23-15-4-8-17(9-5-15)28-13-21(31,14-2-1-3-19(12-14)32-22(25,26)27)29(20(28)30)18-10-6-16(24)7-11-18;1-2-4-3-1/h1-12,31H,13H2;1-4H2. The minimum atomic E-state index is -4.90. The summed E-state index contributed by atoms with van der Waals surface area (Å²) < 4.78 is 42.2. The van der Waals surface area contributed by atoms with Crippen molar-refractivity contribution in [1.29, 1.82) is 0 Å². The fourth-order valence-corrected chi connectivity index (χ4v) is 4.04. The van der Waals surface area contributed by atoms with Gasteiger partial charge in [0.05, 0.1) is 6.54 Å². The van der Waals surface area contributed by atoms with Crippen LogP contribution >= 0.6 is 23.2 Å². The van der Waals surface area contributed by atoms with Gasteiger partial charge in [-0.05, 0) is 60.7 Å². The van der Waals surface area contributed by atoms with Gasteiger partial charge in [-0.3, -0.25) is 9.80 Å². The number of β-amino-alcohol motifs (C(OH)–C–C–N with tert-alkyl or cyclic N) is 1. The van der Waals surface area contributed by atoms with Crippen LogP contribution in [-0.2, 0) is 5.72 Å². The predicted octanol–water partition coefficient (Wildman–Crippen LogP) is 7.74. The summed E-state index contributed by atoms with van der Waals surface area (Å²) in [4.78, 5) is 15.8. The molecule has 5 nitrogen and oxygen atoms in total. The topological polar surface area (TPSA) is 53.0 Å². The van der Waals surface area contributed by atoms with E-state index in [-0.39, 0.29) is 12.1 Å². The molecule has 0 radical (unpaired) electrons. The average Bonchev–Trinajstić information content (AvgIpc) is 3.04. The molecule has 2 aliphatic rings. The summed E-state index contributed by atoms with van der Waals surface area (Å²) in [6.07, 6.45) is 1.10. The number of urea groups is 1. The van der Waals surface area contributed by atoms with Crippen LogP contribution in [-0.4, -0.2) is 24.0 Å². The summed E-state index contributed by atoms with van der Waals surface area (Å²) in [6, 6.07) is 16.8. The lowest BCUT2D eigenvalue weighted by Crippen LogP contribution is -2.44. The van der Waals surface area contributed by atoms with Crippen molar-refractivity contribution < 1.29 is 27.8 Å². The van der Waals surface area contributed by atoms with Gasteiger partial charge < -0.3 is 9.84 Å². The first-order valence-electron chi connectivity index (χ1n) is 11.3. The van der Waals surface area contributed by atoms with E-state index in [0.717, 1.165) is 17.0 Å². The van der Waals surface area contributed by atoms with Gasteiger partial charge in [0, 0.05) is 27.0 Å². The molecule has 0 spiro atoms. The SMILES string of the molecule is C1CCC1.O=C1N(c2ccc(Cl)cc2)CC(O)(c2cccc(OC(F)(F)F)c2)N1c1ccc(Cl)cc1. The first-order valence-corrected chi connectivity index (χ1v) is 12.0. The molecule has 0 aromatic heterocycles. The van der Waals surface area contributed by atoms with Crippen molar-refractivity contribution in [2.45, 2.75) is 37.8 Å². The summed E-state index contributed by atoms with van der Waals surface area (Å²) in [5.74, 6) is -0.517. The van der Waals surface area contributed by atoms with E-state index < -0.39 is 23.9 Å². The number of nitrogens with zero attached hydrogens (tertiary/aromatic N) is 2. The molecule has 1 aliphatic heterocycles. The van der Waals surface area contributed by atoms with Gasteiger partial charge in [0.1, 0.15) is 5.75 Å². The van der Waals surface area contributed by atoms with Gasteiger partial charge in [0.2, 0.25) is 0 Å². The van der Waals surface area contributed by atoms with Gasteiger partial charge in [0.25, 0.3) is 0 Å². The number of hydrogen-bond donors (Lipinski definition) is 1. The lowest BCUT2D eigenvalue weighted by Gasteiger charge is -2.32. The molecule has 1 N–H and O–H groups in total. The van der Waals surface area contributed by atoms with Crippen molar-refractivity contribution in [2.24, 2.45) is 0 Å². The number of hydrogen-bond acceptors (Lipinski definition) is 3. The molecule has 2 fully saturated rings. The summed E-state index contributed by atoms with van der Waals surface area (Å²) in [5.41, 5.74) is -1.20. The second-order valence-electron chi connectivity index (χ2n) is 8.46. The lowest BCUT2D eigenvalue weighted by atomic mass is 10.0. The van der Waals surface area contributed by atoms with Gasteiger partial charge in [-0.2, -0.15) is 0 Å². The number of benzene rings is 3. The van der Waals surface area contributed by atoms with E-state index >= 15 is 0 Å². The Labute approximate surface area is 216 Å². The van der Waals surface area contributed by atoms with E-state index in [1.54, 1.807) is 36.4 Å². The highest BCUT2D eigenvalue weighted by Gasteiger charge is 2.51. The number of anilines is 2. The molecule has 190 valence electrons. The molecule has 0 bridgehead atoms. The molecule has 10 heteroatoms. The maximum atomic E-state index is 13.4. The normalized spacial score (nSPS) is 19.4. The zero-order valence-electron chi connectivity index (χ0n) is 19.0. The third-order valence-corrected chi connectivity index (χ3v) is 6.43. The van der Waals surface area contributed by atoms with E-state index in [1.807, 2.05) is 0 Å². The molecule has 1 saturated heterocycles. The molecule has 1 heterocycles. The largest absolute Gasteiger partial charge is 0.573 e. The summed E-state index contributed by atoms with van der Waals surface area (Å²) in [7, 11) is 0. The molecule has 1 aliphatic carbocycles. The number of halogens is 5. The third kappa shape index (κ3) is 5.88. The van der Waals surface area contributed by atoms with Crippen molar-refractivity contribution >= 4 is 40.6 Å². The van der Waals surface area contributed by atoms with Gasteiger partial charge in [-0.25, -0.2) is 4.79 Å². The summed E-state index contributed by atoms with van der Waals surface area (Å²) in [5, 5.41) is 12.6. The second-order valence-corrected chi connectivity index (χ2v) is 9.34. The fourth-order valence-electron chi connectivity index (χ4n) is 3.79. The molecule has 3 aromatic carbocycles. The quantitative estimate of drug-likeness (QED) is 0.369. The number of alkyl halides is 3. The van der Waals surface area contributed by atoms with Crippen LogP contribution in [0, 0.1) is 0 Å². The minimum Gasteiger partial charge on any atom is -0.406 e. The van der Waals surface area contributed by atoms with Crippen molar-refractivity contribution in [3.8, 4) is 5.75 Å². The summed E-state index contributed by atoms with van der Waals surface area (Å²) >= 11 is 11.9. The minimum absolute atomic E-state index is 0.0408. The Morgan fingerprint density at radius 3 is 1.86 bits per heavy atom. The molecule has 1 saturated carbocycles. The average molecular weight is 539 g/mol. The Morgan fingerprint density at radius 2 is 1.36 bits per heavy atom. The van der Waals surface area contributed by atoms with Crippen molar-refractivity contribution in [2.75, 3.05) is 16.3 Å².